The van der Waals surface area contributed by atoms with Crippen LogP contribution in [0.3, 0.4) is 0 Å². The highest BCUT2D eigenvalue weighted by molar-refractivity contribution is 5.27. The SMILES string of the molecule is CC(C)c1ccc(C(CO)N2CCCNCC2)cc1. The lowest BCUT2D eigenvalue weighted by Crippen LogP contribution is -2.34. The predicted octanol–water partition coefficient (Wildman–Crippen LogP) is 2.14. The van der Waals surface area contributed by atoms with Crippen LogP contribution in [0.1, 0.15) is 43.4 Å². The van der Waals surface area contributed by atoms with Gasteiger partial charge < -0.3 is 10.4 Å². The molecule has 0 spiro atoms. The summed E-state index contributed by atoms with van der Waals surface area (Å²) in [6.07, 6.45) is 1.15. The third kappa shape index (κ3) is 3.78. The largest absolute Gasteiger partial charge is 0.394 e. The Morgan fingerprint density at radius 3 is 2.42 bits per heavy atom. The molecule has 0 radical (unpaired) electrons. The molecule has 0 bridgehead atoms. The summed E-state index contributed by atoms with van der Waals surface area (Å²) in [4.78, 5) is 2.39. The van der Waals surface area contributed by atoms with Gasteiger partial charge in [-0.1, -0.05) is 38.1 Å². The van der Waals surface area contributed by atoms with Gasteiger partial charge in [0, 0.05) is 19.6 Å². The zero-order valence-corrected chi connectivity index (χ0v) is 12.1. The fourth-order valence-corrected chi connectivity index (χ4v) is 2.71. The minimum Gasteiger partial charge on any atom is -0.394 e. The predicted molar refractivity (Wildman–Crippen MR) is 79.4 cm³/mol. The lowest BCUT2D eigenvalue weighted by Gasteiger charge is -2.29. The van der Waals surface area contributed by atoms with Gasteiger partial charge in [-0.25, -0.2) is 0 Å². The molecular formula is C16H26N2O. The monoisotopic (exact) mass is 262 g/mol. The van der Waals surface area contributed by atoms with Gasteiger partial charge in [-0.15, -0.1) is 0 Å². The molecule has 3 nitrogen and oxygen atoms in total. The summed E-state index contributed by atoms with van der Waals surface area (Å²) in [7, 11) is 0. The number of aliphatic hydroxyl groups is 1. The third-order valence-corrected chi connectivity index (χ3v) is 3.98. The average Bonchev–Trinajstić information content (AvgIpc) is 2.69. The minimum absolute atomic E-state index is 0.140. The summed E-state index contributed by atoms with van der Waals surface area (Å²) in [6.45, 7) is 8.78. The standard InChI is InChI=1S/C16H26N2O/c1-13(2)14-4-6-15(7-5-14)16(12-19)18-10-3-8-17-9-11-18/h4-7,13,16-17,19H,3,8-12H2,1-2H3. The number of hydrogen-bond donors (Lipinski definition) is 2. The molecule has 106 valence electrons. The van der Waals surface area contributed by atoms with E-state index in [4.69, 9.17) is 0 Å². The molecule has 3 heteroatoms. The molecule has 0 aromatic heterocycles. The molecule has 1 aliphatic rings. The highest BCUT2D eigenvalue weighted by atomic mass is 16.3. The first-order valence-electron chi connectivity index (χ1n) is 7.38. The molecule has 1 aromatic carbocycles. The van der Waals surface area contributed by atoms with Gasteiger partial charge in [0.1, 0.15) is 0 Å². The molecule has 1 aromatic rings. The second-order valence-electron chi connectivity index (χ2n) is 5.66. The normalized spacial score (nSPS) is 19.4. The van der Waals surface area contributed by atoms with Crippen LogP contribution in [0, 0.1) is 0 Å². The minimum atomic E-state index is 0.140. The summed E-state index contributed by atoms with van der Waals surface area (Å²) in [6, 6.07) is 8.88. The summed E-state index contributed by atoms with van der Waals surface area (Å²) in [5.41, 5.74) is 2.59. The van der Waals surface area contributed by atoms with E-state index in [9.17, 15) is 5.11 Å². The fraction of sp³-hybridized carbons (Fsp3) is 0.625. The average molecular weight is 262 g/mol. The van der Waals surface area contributed by atoms with Crippen LogP contribution in [-0.2, 0) is 0 Å². The van der Waals surface area contributed by atoms with Crippen LogP contribution in [-0.4, -0.2) is 42.8 Å². The first-order chi connectivity index (χ1) is 9.22. The van der Waals surface area contributed by atoms with E-state index in [0.29, 0.717) is 5.92 Å². The molecule has 2 N–H and O–H groups in total. The number of nitrogens with one attached hydrogen (secondary N) is 1. The second-order valence-corrected chi connectivity index (χ2v) is 5.66. The van der Waals surface area contributed by atoms with Crippen molar-refractivity contribution >= 4 is 0 Å². The summed E-state index contributed by atoms with van der Waals surface area (Å²) in [5.74, 6) is 0.559. The maximum absolute atomic E-state index is 9.74. The Labute approximate surface area is 116 Å². The maximum atomic E-state index is 9.74. The molecule has 1 atom stereocenters. The molecular weight excluding hydrogens is 236 g/mol. The second kappa shape index (κ2) is 7.04. The molecule has 19 heavy (non-hydrogen) atoms. The van der Waals surface area contributed by atoms with Crippen molar-refractivity contribution in [3.63, 3.8) is 0 Å². The van der Waals surface area contributed by atoms with E-state index in [1.54, 1.807) is 0 Å². The number of nitrogens with zero attached hydrogens (tertiary/aromatic N) is 1. The van der Waals surface area contributed by atoms with Crippen LogP contribution in [0.15, 0.2) is 24.3 Å². The van der Waals surface area contributed by atoms with Crippen LogP contribution < -0.4 is 5.32 Å². The van der Waals surface area contributed by atoms with E-state index >= 15 is 0 Å². The Bertz CT molecular complexity index is 367. The van der Waals surface area contributed by atoms with E-state index < -0.39 is 0 Å². The molecule has 0 aliphatic carbocycles. The van der Waals surface area contributed by atoms with E-state index in [2.05, 4.69) is 48.3 Å². The van der Waals surface area contributed by atoms with Crippen molar-refractivity contribution in [1.29, 1.82) is 0 Å². The van der Waals surface area contributed by atoms with Gasteiger partial charge >= 0.3 is 0 Å². The van der Waals surface area contributed by atoms with Gasteiger partial charge in [-0.05, 0) is 30.0 Å². The van der Waals surface area contributed by atoms with Crippen molar-refractivity contribution in [3.8, 4) is 0 Å². The van der Waals surface area contributed by atoms with Crippen LogP contribution in [0.2, 0.25) is 0 Å². The smallest absolute Gasteiger partial charge is 0.0628 e. The summed E-state index contributed by atoms with van der Waals surface area (Å²) in [5, 5.41) is 13.1. The summed E-state index contributed by atoms with van der Waals surface area (Å²) < 4.78 is 0. The molecule has 0 amide bonds. The van der Waals surface area contributed by atoms with E-state index in [-0.39, 0.29) is 12.6 Å². The Morgan fingerprint density at radius 2 is 1.79 bits per heavy atom. The number of hydrogen-bond acceptors (Lipinski definition) is 3. The number of rotatable bonds is 4. The van der Waals surface area contributed by atoms with E-state index in [1.807, 2.05) is 0 Å². The lowest BCUT2D eigenvalue weighted by molar-refractivity contribution is 0.130. The first kappa shape index (κ1) is 14.5. The third-order valence-electron chi connectivity index (χ3n) is 3.98. The number of aliphatic hydroxyl groups excluding tert-OH is 1. The van der Waals surface area contributed by atoms with Crippen LogP contribution in [0.5, 0.6) is 0 Å². The molecule has 1 fully saturated rings. The van der Waals surface area contributed by atoms with Gasteiger partial charge in [-0.3, -0.25) is 4.90 Å². The van der Waals surface area contributed by atoms with Crippen LogP contribution >= 0.6 is 0 Å². The first-order valence-corrected chi connectivity index (χ1v) is 7.38. The van der Waals surface area contributed by atoms with Gasteiger partial charge in [0.15, 0.2) is 0 Å². The quantitative estimate of drug-likeness (QED) is 0.872. The lowest BCUT2D eigenvalue weighted by atomic mass is 9.98. The van der Waals surface area contributed by atoms with E-state index in [0.717, 1.165) is 32.6 Å². The van der Waals surface area contributed by atoms with Gasteiger partial charge in [-0.2, -0.15) is 0 Å². The summed E-state index contributed by atoms with van der Waals surface area (Å²) >= 11 is 0. The molecule has 2 rings (SSSR count). The maximum Gasteiger partial charge on any atom is 0.0628 e. The molecule has 1 aliphatic heterocycles. The van der Waals surface area contributed by atoms with Crippen LogP contribution in [0.25, 0.3) is 0 Å². The number of benzene rings is 1. The van der Waals surface area contributed by atoms with Crippen molar-refractivity contribution < 1.29 is 5.11 Å². The molecule has 1 unspecified atom stereocenters. The van der Waals surface area contributed by atoms with Crippen molar-refractivity contribution in [2.45, 2.75) is 32.2 Å². The van der Waals surface area contributed by atoms with Gasteiger partial charge in [0.2, 0.25) is 0 Å². The van der Waals surface area contributed by atoms with Crippen molar-refractivity contribution in [3.05, 3.63) is 35.4 Å². The highest BCUT2D eigenvalue weighted by Crippen LogP contribution is 2.23. The zero-order valence-electron chi connectivity index (χ0n) is 12.1. The fourth-order valence-electron chi connectivity index (χ4n) is 2.71. The Balaban J connectivity index is 2.11. The Morgan fingerprint density at radius 1 is 1.11 bits per heavy atom. The molecule has 1 saturated heterocycles. The van der Waals surface area contributed by atoms with Crippen molar-refractivity contribution in [2.75, 3.05) is 32.8 Å². The van der Waals surface area contributed by atoms with Gasteiger partial charge in [0.05, 0.1) is 12.6 Å². The van der Waals surface area contributed by atoms with Gasteiger partial charge in [0.25, 0.3) is 0 Å². The molecule has 1 heterocycles. The molecule has 0 saturated carbocycles. The highest BCUT2D eigenvalue weighted by Gasteiger charge is 2.20. The van der Waals surface area contributed by atoms with Crippen molar-refractivity contribution in [2.24, 2.45) is 0 Å². The van der Waals surface area contributed by atoms with Crippen LogP contribution in [0.4, 0.5) is 0 Å². The Hall–Kier alpha value is -0.900. The zero-order chi connectivity index (χ0) is 13.7. The van der Waals surface area contributed by atoms with Crippen molar-refractivity contribution in [1.82, 2.24) is 10.2 Å². The van der Waals surface area contributed by atoms with E-state index in [1.165, 1.54) is 11.1 Å². The Kier molecular flexibility index (Phi) is 5.37. The topological polar surface area (TPSA) is 35.5 Å².